The first kappa shape index (κ1) is 14.0. The molecular formula is C12H23N3O2. The summed E-state index contributed by atoms with van der Waals surface area (Å²) < 4.78 is 0. The lowest BCUT2D eigenvalue weighted by atomic mass is 10.2. The van der Waals surface area contributed by atoms with Gasteiger partial charge in [0.25, 0.3) is 0 Å². The van der Waals surface area contributed by atoms with Crippen LogP contribution in [0.1, 0.15) is 33.6 Å². The van der Waals surface area contributed by atoms with Crippen LogP contribution in [0.15, 0.2) is 0 Å². The Morgan fingerprint density at radius 2 is 2.24 bits per heavy atom. The van der Waals surface area contributed by atoms with Crippen molar-refractivity contribution in [2.24, 2.45) is 0 Å². The molecule has 0 aromatic carbocycles. The number of hydrogen-bond acceptors (Lipinski definition) is 3. The summed E-state index contributed by atoms with van der Waals surface area (Å²) in [6, 6.07) is -0.473. The molecule has 1 fully saturated rings. The molecule has 5 heteroatoms. The van der Waals surface area contributed by atoms with Crippen molar-refractivity contribution in [3.63, 3.8) is 0 Å². The summed E-state index contributed by atoms with van der Waals surface area (Å²) in [4.78, 5) is 25.4. The van der Waals surface area contributed by atoms with Gasteiger partial charge in [-0.3, -0.25) is 9.59 Å². The highest BCUT2D eigenvalue weighted by Gasteiger charge is 2.35. The molecule has 0 saturated carbocycles. The zero-order chi connectivity index (χ0) is 12.8. The first-order valence-corrected chi connectivity index (χ1v) is 6.43. The molecule has 1 aliphatic heterocycles. The minimum Gasteiger partial charge on any atom is -0.354 e. The highest BCUT2D eigenvalue weighted by atomic mass is 16.2. The van der Waals surface area contributed by atoms with Crippen LogP contribution < -0.4 is 10.6 Å². The van der Waals surface area contributed by atoms with E-state index in [9.17, 15) is 9.59 Å². The second-order valence-electron chi connectivity index (χ2n) is 4.40. The molecule has 5 nitrogen and oxygen atoms in total. The molecule has 1 rings (SSSR count). The van der Waals surface area contributed by atoms with Crippen LogP contribution in [0.2, 0.25) is 0 Å². The van der Waals surface area contributed by atoms with E-state index in [0.29, 0.717) is 13.1 Å². The van der Waals surface area contributed by atoms with Crippen molar-refractivity contribution in [3.8, 4) is 0 Å². The SMILES string of the molecule is CCCNC(=O)C(C)N1CCC(NCC)C1=O. The minimum absolute atomic E-state index is 0.0472. The van der Waals surface area contributed by atoms with Gasteiger partial charge in [0.2, 0.25) is 11.8 Å². The van der Waals surface area contributed by atoms with Gasteiger partial charge in [-0.25, -0.2) is 0 Å². The van der Waals surface area contributed by atoms with Gasteiger partial charge in [0.15, 0.2) is 0 Å². The smallest absolute Gasteiger partial charge is 0.242 e. The van der Waals surface area contributed by atoms with Gasteiger partial charge in [-0.1, -0.05) is 13.8 Å². The summed E-state index contributed by atoms with van der Waals surface area (Å²) in [6.45, 7) is 7.89. The van der Waals surface area contributed by atoms with Crippen LogP contribution in [0, 0.1) is 0 Å². The van der Waals surface area contributed by atoms with Crippen molar-refractivity contribution >= 4 is 11.8 Å². The summed E-state index contributed by atoms with van der Waals surface area (Å²) in [5.41, 5.74) is 0. The Bertz CT molecular complexity index is 281. The van der Waals surface area contributed by atoms with Gasteiger partial charge >= 0.3 is 0 Å². The van der Waals surface area contributed by atoms with E-state index in [2.05, 4.69) is 10.6 Å². The second-order valence-corrected chi connectivity index (χ2v) is 4.40. The maximum absolute atomic E-state index is 12.0. The summed E-state index contributed by atoms with van der Waals surface area (Å²) in [5.74, 6) is -0.0108. The van der Waals surface area contributed by atoms with Crippen LogP contribution in [-0.2, 0) is 9.59 Å². The minimum atomic E-state index is -0.363. The fourth-order valence-electron chi connectivity index (χ4n) is 2.06. The van der Waals surface area contributed by atoms with Crippen molar-refractivity contribution in [1.29, 1.82) is 0 Å². The largest absolute Gasteiger partial charge is 0.354 e. The van der Waals surface area contributed by atoms with E-state index in [4.69, 9.17) is 0 Å². The Labute approximate surface area is 103 Å². The predicted molar refractivity (Wildman–Crippen MR) is 66.6 cm³/mol. The van der Waals surface area contributed by atoms with Crippen LogP contribution in [0.25, 0.3) is 0 Å². The fraction of sp³-hybridized carbons (Fsp3) is 0.833. The van der Waals surface area contributed by atoms with Crippen molar-refractivity contribution in [3.05, 3.63) is 0 Å². The number of amides is 2. The van der Waals surface area contributed by atoms with E-state index >= 15 is 0 Å². The van der Waals surface area contributed by atoms with Crippen molar-refractivity contribution in [2.75, 3.05) is 19.6 Å². The number of nitrogens with zero attached hydrogens (tertiary/aromatic N) is 1. The van der Waals surface area contributed by atoms with E-state index in [1.807, 2.05) is 13.8 Å². The van der Waals surface area contributed by atoms with E-state index in [1.165, 1.54) is 0 Å². The molecule has 0 aliphatic carbocycles. The van der Waals surface area contributed by atoms with Crippen molar-refractivity contribution in [1.82, 2.24) is 15.5 Å². The summed E-state index contributed by atoms with van der Waals surface area (Å²) in [7, 11) is 0. The average molecular weight is 241 g/mol. The highest BCUT2D eigenvalue weighted by Crippen LogP contribution is 2.14. The van der Waals surface area contributed by atoms with Gasteiger partial charge < -0.3 is 15.5 Å². The van der Waals surface area contributed by atoms with Crippen LogP contribution in [0.3, 0.4) is 0 Å². The van der Waals surface area contributed by atoms with Gasteiger partial charge in [-0.05, 0) is 26.3 Å². The molecule has 1 aliphatic rings. The average Bonchev–Trinajstić information content (AvgIpc) is 2.68. The zero-order valence-corrected chi connectivity index (χ0v) is 11.0. The molecule has 2 amide bonds. The Balaban J connectivity index is 2.50. The van der Waals surface area contributed by atoms with Crippen molar-refractivity contribution < 1.29 is 9.59 Å². The molecule has 0 aromatic rings. The molecule has 0 bridgehead atoms. The van der Waals surface area contributed by atoms with E-state index in [-0.39, 0.29) is 23.9 Å². The predicted octanol–water partition coefficient (Wildman–Crippen LogP) is 0.112. The topological polar surface area (TPSA) is 61.4 Å². The molecular weight excluding hydrogens is 218 g/mol. The Morgan fingerprint density at radius 1 is 1.53 bits per heavy atom. The standard InChI is InChI=1S/C12H23N3O2/c1-4-7-14-11(16)9(3)15-8-6-10(12(15)17)13-5-2/h9-10,13H,4-8H2,1-3H3,(H,14,16). The first-order chi connectivity index (χ1) is 8.11. The monoisotopic (exact) mass is 241 g/mol. The lowest BCUT2D eigenvalue weighted by Gasteiger charge is -2.24. The third kappa shape index (κ3) is 3.43. The molecule has 17 heavy (non-hydrogen) atoms. The number of hydrogen-bond donors (Lipinski definition) is 2. The summed E-state index contributed by atoms with van der Waals surface area (Å²) in [6.07, 6.45) is 1.70. The fourth-order valence-corrected chi connectivity index (χ4v) is 2.06. The van der Waals surface area contributed by atoms with E-state index in [0.717, 1.165) is 19.4 Å². The van der Waals surface area contributed by atoms with Gasteiger partial charge in [-0.2, -0.15) is 0 Å². The quantitative estimate of drug-likeness (QED) is 0.694. The molecule has 2 atom stereocenters. The summed E-state index contributed by atoms with van der Waals surface area (Å²) >= 11 is 0. The summed E-state index contributed by atoms with van der Waals surface area (Å²) in [5, 5.41) is 5.96. The Morgan fingerprint density at radius 3 is 2.82 bits per heavy atom. The number of nitrogens with one attached hydrogen (secondary N) is 2. The molecule has 1 heterocycles. The second kappa shape index (κ2) is 6.59. The van der Waals surface area contributed by atoms with Gasteiger partial charge in [0, 0.05) is 13.1 Å². The molecule has 0 spiro atoms. The van der Waals surface area contributed by atoms with Gasteiger partial charge in [0.05, 0.1) is 6.04 Å². The number of rotatable bonds is 6. The van der Waals surface area contributed by atoms with Crippen molar-refractivity contribution in [2.45, 2.75) is 45.7 Å². The molecule has 1 saturated heterocycles. The Kier molecular flexibility index (Phi) is 5.41. The third-order valence-electron chi connectivity index (χ3n) is 3.09. The first-order valence-electron chi connectivity index (χ1n) is 6.43. The number of carbonyl (C=O) groups is 2. The lowest BCUT2D eigenvalue weighted by molar-refractivity contribution is -0.137. The number of likely N-dealkylation sites (N-methyl/N-ethyl adjacent to an activating group) is 1. The van der Waals surface area contributed by atoms with Crippen LogP contribution >= 0.6 is 0 Å². The van der Waals surface area contributed by atoms with Gasteiger partial charge in [-0.15, -0.1) is 0 Å². The Hall–Kier alpha value is -1.10. The van der Waals surface area contributed by atoms with Crippen LogP contribution in [0.4, 0.5) is 0 Å². The number of likely N-dealkylation sites (tertiary alicyclic amines) is 1. The zero-order valence-electron chi connectivity index (χ0n) is 11.0. The van der Waals surface area contributed by atoms with Gasteiger partial charge in [0.1, 0.15) is 6.04 Å². The molecule has 98 valence electrons. The van der Waals surface area contributed by atoms with E-state index in [1.54, 1.807) is 11.8 Å². The number of carbonyl (C=O) groups excluding carboxylic acids is 2. The molecule has 2 unspecified atom stereocenters. The molecule has 2 N–H and O–H groups in total. The molecule has 0 aromatic heterocycles. The van der Waals surface area contributed by atoms with Crippen LogP contribution in [-0.4, -0.2) is 48.4 Å². The van der Waals surface area contributed by atoms with Crippen LogP contribution in [0.5, 0.6) is 0 Å². The maximum atomic E-state index is 12.0. The lowest BCUT2D eigenvalue weighted by Crippen LogP contribution is -2.48. The third-order valence-corrected chi connectivity index (χ3v) is 3.09. The highest BCUT2D eigenvalue weighted by molar-refractivity contribution is 5.90. The maximum Gasteiger partial charge on any atom is 0.242 e. The normalized spacial score (nSPS) is 21.7. The van der Waals surface area contributed by atoms with E-state index < -0.39 is 0 Å². The molecule has 0 radical (unpaired) electrons.